The average Bonchev–Trinajstić information content (AvgIpc) is 3.02. The monoisotopic (exact) mass is 498 g/mol. The first-order chi connectivity index (χ1) is 16.5. The molecule has 35 heavy (non-hydrogen) atoms. The van der Waals surface area contributed by atoms with Crippen molar-refractivity contribution in [2.45, 2.75) is 51.5 Å². The standard InChI is InChI=1S/C24H28BClN4O5/c1-23(2)24(3,4)35-25(34-23)16-6-5-7-17(19(16)26)30-21-20-15(8-9-27-21)10-14(12-29-20)11-28-18(13-31)22(32)33/h5-10,12,18,28,31H,11,13H2,1-4H3,(H,27,30)(H,32,33)/t18-/m1/s1. The van der Waals surface area contributed by atoms with E-state index in [0.29, 0.717) is 27.5 Å². The number of hydrogen-bond donors (Lipinski definition) is 4. The van der Waals surface area contributed by atoms with E-state index < -0.39 is 36.9 Å². The predicted octanol–water partition coefficient (Wildman–Crippen LogP) is 2.86. The molecular formula is C24H28BClN4O5. The second kappa shape index (κ2) is 9.71. The van der Waals surface area contributed by atoms with Gasteiger partial charge in [0.2, 0.25) is 0 Å². The lowest BCUT2D eigenvalue weighted by Gasteiger charge is -2.32. The van der Waals surface area contributed by atoms with Gasteiger partial charge in [-0.05, 0) is 51.5 Å². The van der Waals surface area contributed by atoms with Gasteiger partial charge >= 0.3 is 13.1 Å². The van der Waals surface area contributed by atoms with E-state index in [1.54, 1.807) is 12.4 Å². The van der Waals surface area contributed by atoms with E-state index in [2.05, 4.69) is 20.6 Å². The maximum Gasteiger partial charge on any atom is 0.496 e. The first kappa shape index (κ1) is 25.3. The molecule has 11 heteroatoms. The highest BCUT2D eigenvalue weighted by atomic mass is 35.5. The van der Waals surface area contributed by atoms with Gasteiger partial charge in [0.25, 0.3) is 0 Å². The normalized spacial score (nSPS) is 17.5. The zero-order chi connectivity index (χ0) is 25.4. The van der Waals surface area contributed by atoms with Gasteiger partial charge in [0, 0.05) is 29.8 Å². The third kappa shape index (κ3) is 5.12. The molecule has 1 aromatic carbocycles. The fourth-order valence-corrected chi connectivity index (χ4v) is 3.95. The van der Waals surface area contributed by atoms with E-state index in [1.807, 2.05) is 58.0 Å². The highest BCUT2D eigenvalue weighted by molar-refractivity contribution is 6.66. The SMILES string of the molecule is CC1(C)OB(c2cccc(Nc3nccc4cc(CN[C@H](CO)C(=O)O)cnc34)c2Cl)OC1(C)C. The number of hydrogen-bond acceptors (Lipinski definition) is 8. The molecule has 1 aliphatic heterocycles. The molecule has 1 aliphatic rings. The maximum atomic E-state index is 11.1. The first-order valence-corrected chi connectivity index (χ1v) is 11.6. The Bertz CT molecular complexity index is 1240. The Morgan fingerprint density at radius 1 is 1.17 bits per heavy atom. The number of benzene rings is 1. The number of carboxylic acid groups (broad SMARTS) is 1. The molecule has 9 nitrogen and oxygen atoms in total. The lowest BCUT2D eigenvalue weighted by atomic mass is 9.79. The minimum absolute atomic E-state index is 0.244. The van der Waals surface area contributed by atoms with Crippen molar-refractivity contribution in [3.8, 4) is 0 Å². The molecule has 0 bridgehead atoms. The summed E-state index contributed by atoms with van der Waals surface area (Å²) in [4.78, 5) is 20.1. The number of aliphatic hydroxyl groups excluding tert-OH is 1. The van der Waals surface area contributed by atoms with Crippen LogP contribution < -0.4 is 16.1 Å². The smallest absolute Gasteiger partial charge is 0.480 e. The highest BCUT2D eigenvalue weighted by Gasteiger charge is 2.52. The number of aliphatic carboxylic acids is 1. The second-order valence-corrected chi connectivity index (χ2v) is 9.83. The van der Waals surface area contributed by atoms with Crippen LogP contribution >= 0.6 is 11.6 Å². The van der Waals surface area contributed by atoms with E-state index in [1.165, 1.54) is 0 Å². The largest absolute Gasteiger partial charge is 0.496 e. The first-order valence-electron chi connectivity index (χ1n) is 11.2. The number of pyridine rings is 2. The van der Waals surface area contributed by atoms with Gasteiger partial charge in [0.15, 0.2) is 5.82 Å². The molecule has 0 aliphatic carbocycles. The lowest BCUT2D eigenvalue weighted by molar-refractivity contribution is -0.140. The van der Waals surface area contributed by atoms with Crippen LogP contribution in [0.4, 0.5) is 11.5 Å². The molecule has 0 spiro atoms. The number of nitrogens with zero attached hydrogens (tertiary/aromatic N) is 2. The molecule has 4 N–H and O–H groups in total. The van der Waals surface area contributed by atoms with Gasteiger partial charge < -0.3 is 24.8 Å². The predicted molar refractivity (Wildman–Crippen MR) is 135 cm³/mol. The van der Waals surface area contributed by atoms with Crippen molar-refractivity contribution in [3.05, 3.63) is 53.3 Å². The molecule has 2 aromatic heterocycles. The van der Waals surface area contributed by atoms with Gasteiger partial charge in [0.05, 0.1) is 28.5 Å². The van der Waals surface area contributed by atoms with Crippen LogP contribution in [0.25, 0.3) is 10.9 Å². The summed E-state index contributed by atoms with van der Waals surface area (Å²) in [7, 11) is -0.601. The molecule has 184 valence electrons. The minimum atomic E-state index is -1.11. The van der Waals surface area contributed by atoms with E-state index in [4.69, 9.17) is 26.0 Å². The maximum absolute atomic E-state index is 11.1. The van der Waals surface area contributed by atoms with Gasteiger partial charge in [-0.25, -0.2) is 4.98 Å². The molecule has 1 atom stereocenters. The summed E-state index contributed by atoms with van der Waals surface area (Å²) in [6.07, 6.45) is 3.30. The number of rotatable bonds is 8. The number of fused-ring (bicyclic) bond motifs is 1. The van der Waals surface area contributed by atoms with Crippen LogP contribution in [-0.4, -0.2) is 57.1 Å². The van der Waals surface area contributed by atoms with Crippen molar-refractivity contribution >= 4 is 52.6 Å². The summed E-state index contributed by atoms with van der Waals surface area (Å²) in [5.41, 5.74) is 1.78. The molecule has 0 radical (unpaired) electrons. The summed E-state index contributed by atoms with van der Waals surface area (Å²) in [6.45, 7) is 7.70. The van der Waals surface area contributed by atoms with Gasteiger partial charge in [0.1, 0.15) is 11.6 Å². The van der Waals surface area contributed by atoms with Crippen molar-refractivity contribution < 1.29 is 24.3 Å². The van der Waals surface area contributed by atoms with Crippen LogP contribution in [0.2, 0.25) is 5.02 Å². The van der Waals surface area contributed by atoms with Crippen LogP contribution in [-0.2, 0) is 20.6 Å². The van der Waals surface area contributed by atoms with Crippen LogP contribution in [0.15, 0.2) is 42.7 Å². The third-order valence-corrected chi connectivity index (χ3v) is 6.90. The second-order valence-electron chi connectivity index (χ2n) is 9.45. The fraction of sp³-hybridized carbons (Fsp3) is 0.375. The molecule has 4 rings (SSSR count). The number of aromatic nitrogens is 2. The number of carbonyl (C=O) groups is 1. The van der Waals surface area contributed by atoms with Gasteiger partial charge in [-0.15, -0.1) is 0 Å². The van der Waals surface area contributed by atoms with Gasteiger partial charge in [-0.3, -0.25) is 15.1 Å². The van der Waals surface area contributed by atoms with Crippen LogP contribution in [0.1, 0.15) is 33.3 Å². The zero-order valence-corrected chi connectivity index (χ0v) is 20.8. The van der Waals surface area contributed by atoms with E-state index in [-0.39, 0.29) is 6.54 Å². The van der Waals surface area contributed by atoms with Gasteiger partial charge in [-0.2, -0.15) is 0 Å². The average molecular weight is 499 g/mol. The molecule has 3 heterocycles. The van der Waals surface area contributed by atoms with Crippen molar-refractivity contribution in [2.24, 2.45) is 0 Å². The van der Waals surface area contributed by atoms with Crippen molar-refractivity contribution in [2.75, 3.05) is 11.9 Å². The number of carboxylic acids is 1. The molecule has 1 saturated heterocycles. The van der Waals surface area contributed by atoms with Crippen LogP contribution in [0.3, 0.4) is 0 Å². The Morgan fingerprint density at radius 3 is 2.54 bits per heavy atom. The lowest BCUT2D eigenvalue weighted by Crippen LogP contribution is -2.41. The summed E-state index contributed by atoms with van der Waals surface area (Å²) < 4.78 is 12.3. The molecular weight excluding hydrogens is 471 g/mol. The molecule has 3 aromatic rings. The number of anilines is 2. The van der Waals surface area contributed by atoms with Crippen LogP contribution in [0.5, 0.6) is 0 Å². The number of halogens is 1. The van der Waals surface area contributed by atoms with E-state index in [9.17, 15) is 9.90 Å². The molecule has 1 fully saturated rings. The Hall–Kier alpha value is -2.76. The van der Waals surface area contributed by atoms with Crippen molar-refractivity contribution in [1.82, 2.24) is 15.3 Å². The van der Waals surface area contributed by atoms with Crippen LogP contribution in [0, 0.1) is 0 Å². The Balaban J connectivity index is 1.57. The Morgan fingerprint density at radius 2 is 1.89 bits per heavy atom. The summed E-state index contributed by atoms with van der Waals surface area (Å²) in [5.74, 6) is -0.592. The van der Waals surface area contributed by atoms with Gasteiger partial charge in [-0.1, -0.05) is 23.7 Å². The zero-order valence-electron chi connectivity index (χ0n) is 20.0. The number of aliphatic hydroxyl groups is 1. The third-order valence-electron chi connectivity index (χ3n) is 6.48. The summed E-state index contributed by atoms with van der Waals surface area (Å²) in [6, 6.07) is 8.26. The summed E-state index contributed by atoms with van der Waals surface area (Å²) >= 11 is 6.76. The minimum Gasteiger partial charge on any atom is -0.480 e. The quantitative estimate of drug-likeness (QED) is 0.347. The van der Waals surface area contributed by atoms with Crippen molar-refractivity contribution in [1.29, 1.82) is 0 Å². The highest BCUT2D eigenvalue weighted by Crippen LogP contribution is 2.38. The Kier molecular flexibility index (Phi) is 7.03. The van der Waals surface area contributed by atoms with E-state index in [0.717, 1.165) is 10.9 Å². The fourth-order valence-electron chi connectivity index (χ4n) is 3.69. The molecule has 0 saturated carbocycles. The summed E-state index contributed by atoms with van der Waals surface area (Å²) in [5, 5.41) is 25.6. The van der Waals surface area contributed by atoms with Crippen molar-refractivity contribution in [3.63, 3.8) is 0 Å². The molecule has 0 unspecified atom stereocenters. The van der Waals surface area contributed by atoms with E-state index >= 15 is 0 Å². The topological polar surface area (TPSA) is 126 Å². The molecule has 0 amide bonds. The Labute approximate surface area is 209 Å². The number of nitrogens with one attached hydrogen (secondary N) is 2.